The number of H-pyrrole nitrogens is 1. The van der Waals surface area contributed by atoms with Crippen LogP contribution in [0.5, 0.6) is 0 Å². The molecule has 5 nitrogen and oxygen atoms in total. The third-order valence-corrected chi connectivity index (χ3v) is 3.15. The van der Waals surface area contributed by atoms with Crippen LogP contribution >= 0.6 is 15.9 Å². The zero-order valence-electron chi connectivity index (χ0n) is 9.51. The van der Waals surface area contributed by atoms with Gasteiger partial charge in [-0.25, -0.2) is 19.3 Å². The maximum absolute atomic E-state index is 12.0. The molecule has 6 heteroatoms. The molecule has 1 aromatic carbocycles. The number of rotatable bonds is 1. The predicted octanol–water partition coefficient (Wildman–Crippen LogP) is 2.18. The minimum atomic E-state index is -0.212. The normalized spacial score (nSPS) is 11.0. The summed E-state index contributed by atoms with van der Waals surface area (Å²) in [5.41, 5.74) is 2.43. The average molecular weight is 305 g/mol. The molecule has 0 unspecified atom stereocenters. The number of nitrogens with one attached hydrogen (secondary N) is 1. The van der Waals surface area contributed by atoms with Crippen molar-refractivity contribution in [2.24, 2.45) is 0 Å². The Morgan fingerprint density at radius 3 is 2.83 bits per heavy atom. The monoisotopic (exact) mass is 304 g/mol. The Kier molecular flexibility index (Phi) is 2.52. The maximum Gasteiger partial charge on any atom is 0.332 e. The highest BCUT2D eigenvalue weighted by molar-refractivity contribution is 9.10. The summed E-state index contributed by atoms with van der Waals surface area (Å²) in [6.45, 7) is 1.96. The third kappa shape index (κ3) is 1.65. The molecule has 3 rings (SSSR count). The van der Waals surface area contributed by atoms with Gasteiger partial charge >= 0.3 is 5.69 Å². The molecule has 0 saturated carbocycles. The van der Waals surface area contributed by atoms with Gasteiger partial charge in [0.1, 0.15) is 4.60 Å². The van der Waals surface area contributed by atoms with Crippen molar-refractivity contribution in [2.75, 3.05) is 0 Å². The first kappa shape index (κ1) is 11.2. The summed E-state index contributed by atoms with van der Waals surface area (Å²) in [7, 11) is 0. The second kappa shape index (κ2) is 4.06. The standard InChI is InChI=1S/C12H9BrN4O/c1-7-3-2-4-8-11(7)17(12(18)16-8)10-6-14-9(13)5-15-10/h2-6H,1H3,(H,16,18). The molecule has 0 fully saturated rings. The molecule has 0 bridgehead atoms. The van der Waals surface area contributed by atoms with E-state index in [1.165, 1.54) is 4.57 Å². The molecule has 0 aliphatic heterocycles. The summed E-state index contributed by atoms with van der Waals surface area (Å²) in [6, 6.07) is 5.73. The van der Waals surface area contributed by atoms with E-state index in [9.17, 15) is 4.79 Å². The third-order valence-electron chi connectivity index (χ3n) is 2.74. The molecule has 90 valence electrons. The lowest BCUT2D eigenvalue weighted by Crippen LogP contribution is -2.16. The van der Waals surface area contributed by atoms with Crippen LogP contribution in [0.15, 0.2) is 40.0 Å². The number of fused-ring (bicyclic) bond motifs is 1. The molecule has 0 atom stereocenters. The van der Waals surface area contributed by atoms with Gasteiger partial charge in [-0.3, -0.25) is 0 Å². The number of para-hydroxylation sites is 1. The van der Waals surface area contributed by atoms with E-state index in [-0.39, 0.29) is 5.69 Å². The first-order valence-corrected chi connectivity index (χ1v) is 6.14. The van der Waals surface area contributed by atoms with Crippen molar-refractivity contribution in [3.8, 4) is 5.82 Å². The lowest BCUT2D eigenvalue weighted by Gasteiger charge is -2.03. The molecule has 0 radical (unpaired) electrons. The van der Waals surface area contributed by atoms with Gasteiger partial charge in [0.05, 0.1) is 23.4 Å². The summed E-state index contributed by atoms with van der Waals surface area (Å²) in [4.78, 5) is 23.1. The highest BCUT2D eigenvalue weighted by Crippen LogP contribution is 2.17. The number of imidazole rings is 1. The lowest BCUT2D eigenvalue weighted by atomic mass is 10.2. The summed E-state index contributed by atoms with van der Waals surface area (Å²) >= 11 is 3.22. The molecule has 0 aliphatic rings. The van der Waals surface area contributed by atoms with E-state index in [1.54, 1.807) is 12.4 Å². The number of benzene rings is 1. The minimum Gasteiger partial charge on any atom is -0.305 e. The Labute approximate surface area is 111 Å². The van der Waals surface area contributed by atoms with E-state index in [1.807, 2.05) is 25.1 Å². The highest BCUT2D eigenvalue weighted by atomic mass is 79.9. The fourth-order valence-electron chi connectivity index (χ4n) is 1.97. The van der Waals surface area contributed by atoms with E-state index >= 15 is 0 Å². The quantitative estimate of drug-likeness (QED) is 0.749. The lowest BCUT2D eigenvalue weighted by molar-refractivity contribution is 0.941. The van der Waals surface area contributed by atoms with Crippen LogP contribution in [0, 0.1) is 6.92 Å². The van der Waals surface area contributed by atoms with Gasteiger partial charge in [0, 0.05) is 0 Å². The Hall–Kier alpha value is -1.95. The van der Waals surface area contributed by atoms with Crippen molar-refractivity contribution in [1.82, 2.24) is 19.5 Å². The molecular weight excluding hydrogens is 296 g/mol. The van der Waals surface area contributed by atoms with Crippen LogP contribution in [-0.2, 0) is 0 Å². The van der Waals surface area contributed by atoms with Gasteiger partial charge in [-0.15, -0.1) is 0 Å². The van der Waals surface area contributed by atoms with Crippen LogP contribution in [0.2, 0.25) is 0 Å². The number of nitrogens with zero attached hydrogens (tertiary/aromatic N) is 3. The van der Waals surface area contributed by atoms with Crippen molar-refractivity contribution >= 4 is 27.0 Å². The summed E-state index contributed by atoms with van der Waals surface area (Å²) in [5, 5.41) is 0. The van der Waals surface area contributed by atoms with Crippen LogP contribution in [0.1, 0.15) is 5.56 Å². The van der Waals surface area contributed by atoms with Crippen LogP contribution in [-0.4, -0.2) is 19.5 Å². The maximum atomic E-state index is 12.0. The second-order valence-electron chi connectivity index (χ2n) is 3.93. The summed E-state index contributed by atoms with van der Waals surface area (Å²) in [6.07, 6.45) is 3.13. The number of halogens is 1. The van der Waals surface area contributed by atoms with Gasteiger partial charge in [0.2, 0.25) is 0 Å². The molecule has 0 spiro atoms. The number of aromatic nitrogens is 4. The number of hydrogen-bond acceptors (Lipinski definition) is 3. The molecule has 3 aromatic rings. The molecule has 2 aromatic heterocycles. The van der Waals surface area contributed by atoms with Crippen LogP contribution < -0.4 is 5.69 Å². The first-order chi connectivity index (χ1) is 8.66. The van der Waals surface area contributed by atoms with E-state index in [4.69, 9.17) is 0 Å². The first-order valence-electron chi connectivity index (χ1n) is 5.35. The van der Waals surface area contributed by atoms with Gasteiger partial charge in [-0.1, -0.05) is 12.1 Å². The largest absolute Gasteiger partial charge is 0.332 e. The van der Waals surface area contributed by atoms with Gasteiger partial charge in [-0.2, -0.15) is 0 Å². The number of aromatic amines is 1. The van der Waals surface area contributed by atoms with Crippen LogP contribution in [0.4, 0.5) is 0 Å². The van der Waals surface area contributed by atoms with Crippen molar-refractivity contribution in [2.45, 2.75) is 6.92 Å². The van der Waals surface area contributed by atoms with Crippen molar-refractivity contribution < 1.29 is 0 Å². The Balaban J connectivity index is 2.38. The van der Waals surface area contributed by atoms with Gasteiger partial charge in [0.15, 0.2) is 5.82 Å². The SMILES string of the molecule is Cc1cccc2[nH]c(=O)n(-c3cnc(Br)cn3)c12. The van der Waals surface area contributed by atoms with E-state index in [2.05, 4.69) is 30.9 Å². The smallest absolute Gasteiger partial charge is 0.305 e. The summed E-state index contributed by atoms with van der Waals surface area (Å²) < 4.78 is 2.17. The van der Waals surface area contributed by atoms with Gasteiger partial charge in [-0.05, 0) is 34.5 Å². The van der Waals surface area contributed by atoms with Crippen LogP contribution in [0.25, 0.3) is 16.9 Å². The Morgan fingerprint density at radius 1 is 1.28 bits per heavy atom. The van der Waals surface area contributed by atoms with E-state index in [0.29, 0.717) is 10.4 Å². The topological polar surface area (TPSA) is 63.6 Å². The van der Waals surface area contributed by atoms with E-state index in [0.717, 1.165) is 16.6 Å². The molecular formula is C12H9BrN4O. The fourth-order valence-corrected chi connectivity index (χ4v) is 2.17. The molecule has 18 heavy (non-hydrogen) atoms. The highest BCUT2D eigenvalue weighted by Gasteiger charge is 2.11. The molecule has 0 aliphatic carbocycles. The average Bonchev–Trinajstić information content (AvgIpc) is 2.68. The second-order valence-corrected chi connectivity index (χ2v) is 4.75. The van der Waals surface area contributed by atoms with E-state index < -0.39 is 0 Å². The van der Waals surface area contributed by atoms with Gasteiger partial charge < -0.3 is 4.98 Å². The van der Waals surface area contributed by atoms with Gasteiger partial charge in [0.25, 0.3) is 0 Å². The zero-order chi connectivity index (χ0) is 12.7. The molecule has 1 N–H and O–H groups in total. The zero-order valence-corrected chi connectivity index (χ0v) is 11.1. The number of hydrogen-bond donors (Lipinski definition) is 1. The number of aryl methyl sites for hydroxylation is 1. The van der Waals surface area contributed by atoms with Crippen LogP contribution in [0.3, 0.4) is 0 Å². The minimum absolute atomic E-state index is 0.212. The summed E-state index contributed by atoms with van der Waals surface area (Å²) in [5.74, 6) is 0.503. The predicted molar refractivity (Wildman–Crippen MR) is 71.9 cm³/mol. The van der Waals surface area contributed by atoms with Crippen molar-refractivity contribution in [3.63, 3.8) is 0 Å². The van der Waals surface area contributed by atoms with Crippen molar-refractivity contribution in [3.05, 3.63) is 51.2 Å². The Morgan fingerprint density at radius 2 is 2.11 bits per heavy atom. The molecule has 0 saturated heterocycles. The fraction of sp³-hybridized carbons (Fsp3) is 0.0833. The molecule has 2 heterocycles. The Bertz CT molecular complexity index is 773. The molecule has 0 amide bonds. The van der Waals surface area contributed by atoms with Crippen molar-refractivity contribution in [1.29, 1.82) is 0 Å².